The van der Waals surface area contributed by atoms with Crippen molar-refractivity contribution in [2.75, 3.05) is 0 Å². The van der Waals surface area contributed by atoms with Gasteiger partial charge in [0.25, 0.3) is 10.1 Å². The van der Waals surface area contributed by atoms with Crippen molar-refractivity contribution in [3.63, 3.8) is 0 Å². The van der Waals surface area contributed by atoms with Crippen LogP contribution in [0.2, 0.25) is 0 Å². The first-order valence-corrected chi connectivity index (χ1v) is 4.75. The Hall–Kier alpha value is -0.880. The molecule has 0 aliphatic heterocycles. The van der Waals surface area contributed by atoms with Crippen LogP contribution >= 0.6 is 0 Å². The Balaban J connectivity index is 4.51. The summed E-state index contributed by atoms with van der Waals surface area (Å²) in [6.45, 7) is 1.53. The van der Waals surface area contributed by atoms with Gasteiger partial charge in [0.2, 0.25) is 0 Å². The summed E-state index contributed by atoms with van der Waals surface area (Å²) in [6.07, 6.45) is 1.78. The second-order valence-electron chi connectivity index (χ2n) is 2.16. The molecule has 5 nitrogen and oxygen atoms in total. The third-order valence-corrected chi connectivity index (χ3v) is 2.49. The quantitative estimate of drug-likeness (QED) is 0.496. The van der Waals surface area contributed by atoms with Crippen molar-refractivity contribution >= 4 is 16.1 Å². The van der Waals surface area contributed by atoms with E-state index < -0.39 is 21.3 Å². The smallest absolute Gasteiger partial charge is 0.328 e. The van der Waals surface area contributed by atoms with Crippen molar-refractivity contribution in [2.45, 2.75) is 18.6 Å². The van der Waals surface area contributed by atoms with Gasteiger partial charge in [-0.2, -0.15) is 8.42 Å². The number of carbonyl (C=O) groups is 1. The highest BCUT2D eigenvalue weighted by atomic mass is 32.2. The minimum atomic E-state index is -4.16. The van der Waals surface area contributed by atoms with Gasteiger partial charge in [-0.1, -0.05) is 13.0 Å². The van der Waals surface area contributed by atoms with E-state index in [4.69, 9.17) is 9.66 Å². The third kappa shape index (κ3) is 4.09. The maximum absolute atomic E-state index is 10.5. The lowest BCUT2D eigenvalue weighted by atomic mass is 10.3. The first kappa shape index (κ1) is 11.1. The molecule has 0 aliphatic carbocycles. The molecule has 0 heterocycles. The molecule has 1 unspecified atom stereocenters. The molecule has 0 bridgehead atoms. The number of carboxylic acids is 1. The zero-order valence-corrected chi connectivity index (χ0v) is 7.28. The molecule has 0 amide bonds. The van der Waals surface area contributed by atoms with E-state index in [0.29, 0.717) is 6.08 Å². The van der Waals surface area contributed by atoms with E-state index in [0.717, 1.165) is 6.08 Å². The summed E-state index contributed by atoms with van der Waals surface area (Å²) in [5.41, 5.74) is 0. The second kappa shape index (κ2) is 4.22. The average Bonchev–Trinajstić information content (AvgIpc) is 1.85. The summed E-state index contributed by atoms with van der Waals surface area (Å²) in [7, 11) is -4.16. The van der Waals surface area contributed by atoms with E-state index in [2.05, 4.69) is 0 Å². The second-order valence-corrected chi connectivity index (χ2v) is 3.79. The molecular weight excluding hydrogens is 184 g/mol. The van der Waals surface area contributed by atoms with Gasteiger partial charge in [0, 0.05) is 6.08 Å². The Morgan fingerprint density at radius 1 is 1.58 bits per heavy atom. The highest BCUT2D eigenvalue weighted by Crippen LogP contribution is 2.04. The Bertz CT molecular complexity index is 276. The molecule has 0 rings (SSSR count). The van der Waals surface area contributed by atoms with Crippen molar-refractivity contribution in [3.05, 3.63) is 12.2 Å². The standard InChI is InChI=1S/C6H10O5S/c1-2-5(12(9,10)11)3-4-6(7)8/h3-5H,2H2,1H3,(H,7,8)(H,9,10,11)/b4-3+. The molecule has 0 saturated carbocycles. The minimum Gasteiger partial charge on any atom is -0.478 e. The predicted octanol–water partition coefficient (Wildman–Crippen LogP) is 0.294. The highest BCUT2D eigenvalue weighted by Gasteiger charge is 2.17. The SMILES string of the molecule is CCC(/C=C/C(=O)O)S(=O)(=O)O. The van der Waals surface area contributed by atoms with E-state index in [9.17, 15) is 13.2 Å². The van der Waals surface area contributed by atoms with Gasteiger partial charge in [-0.05, 0) is 6.42 Å². The zero-order valence-electron chi connectivity index (χ0n) is 6.47. The molecule has 1 atom stereocenters. The van der Waals surface area contributed by atoms with E-state index in [1.165, 1.54) is 6.92 Å². The van der Waals surface area contributed by atoms with Crippen molar-refractivity contribution in [2.24, 2.45) is 0 Å². The van der Waals surface area contributed by atoms with Gasteiger partial charge >= 0.3 is 5.97 Å². The largest absolute Gasteiger partial charge is 0.478 e. The van der Waals surface area contributed by atoms with Gasteiger partial charge in [-0.3, -0.25) is 4.55 Å². The van der Waals surface area contributed by atoms with E-state index in [1.54, 1.807) is 0 Å². The molecule has 0 aromatic carbocycles. The number of carboxylic acid groups (broad SMARTS) is 1. The molecule has 0 fully saturated rings. The summed E-state index contributed by atoms with van der Waals surface area (Å²) in [5, 5.41) is 7.03. The fourth-order valence-corrected chi connectivity index (χ4v) is 1.33. The van der Waals surface area contributed by atoms with Crippen molar-refractivity contribution in [1.29, 1.82) is 0 Å². The molecule has 0 radical (unpaired) electrons. The zero-order chi connectivity index (χ0) is 9.78. The summed E-state index contributed by atoms with van der Waals surface area (Å²) in [5.74, 6) is -1.24. The van der Waals surface area contributed by atoms with Gasteiger partial charge in [-0.25, -0.2) is 4.79 Å². The number of hydrogen-bond donors (Lipinski definition) is 2. The Kier molecular flexibility index (Phi) is 3.91. The Morgan fingerprint density at radius 2 is 2.08 bits per heavy atom. The first-order valence-electron chi connectivity index (χ1n) is 3.25. The summed E-state index contributed by atoms with van der Waals surface area (Å²) < 4.78 is 29.5. The molecule has 0 saturated heterocycles. The monoisotopic (exact) mass is 194 g/mol. The molecule has 0 aromatic heterocycles. The third-order valence-electron chi connectivity index (χ3n) is 1.24. The van der Waals surface area contributed by atoms with Gasteiger partial charge in [0.1, 0.15) is 5.25 Å². The molecule has 0 aromatic rings. The van der Waals surface area contributed by atoms with E-state index in [1.807, 2.05) is 0 Å². The summed E-state index contributed by atoms with van der Waals surface area (Å²) >= 11 is 0. The molecule has 0 aliphatic rings. The maximum atomic E-state index is 10.5. The molecule has 2 N–H and O–H groups in total. The van der Waals surface area contributed by atoms with Crippen LogP contribution in [0.25, 0.3) is 0 Å². The Labute approximate surface area is 70.5 Å². The molecule has 70 valence electrons. The van der Waals surface area contributed by atoms with Crippen molar-refractivity contribution in [3.8, 4) is 0 Å². The van der Waals surface area contributed by atoms with Crippen LogP contribution in [-0.4, -0.2) is 29.3 Å². The normalized spacial score (nSPS) is 14.8. The predicted molar refractivity (Wildman–Crippen MR) is 42.4 cm³/mol. The van der Waals surface area contributed by atoms with Crippen molar-refractivity contribution < 1.29 is 22.9 Å². The Morgan fingerprint density at radius 3 is 2.33 bits per heavy atom. The molecule has 0 spiro atoms. The van der Waals surface area contributed by atoms with Crippen LogP contribution in [-0.2, 0) is 14.9 Å². The van der Waals surface area contributed by atoms with Crippen LogP contribution in [0.1, 0.15) is 13.3 Å². The highest BCUT2D eigenvalue weighted by molar-refractivity contribution is 7.86. The van der Waals surface area contributed by atoms with Crippen LogP contribution in [0, 0.1) is 0 Å². The maximum Gasteiger partial charge on any atom is 0.328 e. The van der Waals surface area contributed by atoms with Gasteiger partial charge in [0.15, 0.2) is 0 Å². The molecule has 12 heavy (non-hydrogen) atoms. The van der Waals surface area contributed by atoms with Gasteiger partial charge in [-0.15, -0.1) is 0 Å². The summed E-state index contributed by atoms with van der Waals surface area (Å²) in [4.78, 5) is 9.98. The lowest BCUT2D eigenvalue weighted by Gasteiger charge is -2.03. The summed E-state index contributed by atoms with van der Waals surface area (Å²) in [6, 6.07) is 0. The average molecular weight is 194 g/mol. The van der Waals surface area contributed by atoms with Crippen LogP contribution < -0.4 is 0 Å². The van der Waals surface area contributed by atoms with Crippen LogP contribution in [0.4, 0.5) is 0 Å². The minimum absolute atomic E-state index is 0.141. The van der Waals surface area contributed by atoms with Gasteiger partial charge in [0.05, 0.1) is 0 Å². The van der Waals surface area contributed by atoms with Crippen LogP contribution in [0.15, 0.2) is 12.2 Å². The topological polar surface area (TPSA) is 91.7 Å². The molecular formula is C6H10O5S. The van der Waals surface area contributed by atoms with Crippen LogP contribution in [0.5, 0.6) is 0 Å². The fourth-order valence-electron chi connectivity index (χ4n) is 0.636. The van der Waals surface area contributed by atoms with Crippen molar-refractivity contribution in [1.82, 2.24) is 0 Å². The molecule has 6 heteroatoms. The van der Waals surface area contributed by atoms with E-state index in [-0.39, 0.29) is 6.42 Å². The van der Waals surface area contributed by atoms with Gasteiger partial charge < -0.3 is 5.11 Å². The van der Waals surface area contributed by atoms with Crippen LogP contribution in [0.3, 0.4) is 0 Å². The lowest BCUT2D eigenvalue weighted by Crippen LogP contribution is -2.17. The fraction of sp³-hybridized carbons (Fsp3) is 0.500. The number of hydrogen-bond acceptors (Lipinski definition) is 3. The number of rotatable bonds is 4. The van der Waals surface area contributed by atoms with E-state index >= 15 is 0 Å². The lowest BCUT2D eigenvalue weighted by molar-refractivity contribution is -0.131. The first-order chi connectivity index (χ1) is 5.38. The number of aliphatic carboxylic acids is 1.